The number of non-ortho nitro benzene ring substituents is 1. The number of nitro benzene ring substituents is 1. The number of carbonyl (C=O) groups is 1. The average Bonchev–Trinajstić information content (AvgIpc) is 2.47. The second-order valence-electron chi connectivity index (χ2n) is 3.95. The van der Waals surface area contributed by atoms with Gasteiger partial charge < -0.3 is 10.7 Å². The van der Waals surface area contributed by atoms with Gasteiger partial charge >= 0.3 is 0 Å². The number of nitrogens with one attached hydrogen (secondary N) is 2. The van der Waals surface area contributed by atoms with E-state index >= 15 is 0 Å². The second-order valence-corrected chi connectivity index (χ2v) is 4.87. The molecule has 1 amide bonds. The largest absolute Gasteiger partial charge is 0.322 e. The van der Waals surface area contributed by atoms with Gasteiger partial charge in [-0.1, -0.05) is 0 Å². The van der Waals surface area contributed by atoms with Crippen LogP contribution in [0.5, 0.6) is 0 Å². The van der Waals surface area contributed by atoms with Gasteiger partial charge in [-0.15, -0.1) is 0 Å². The number of rotatable bonds is 4. The standard InChI is InChI=1S/C12H10BrN5O3/c13-7-5-10(11(17-14)15-6-7)12(19)16-8-1-3-9(4-2-8)18(20)21/h1-6H,14H2,(H,15,17)(H,16,19). The fourth-order valence-corrected chi connectivity index (χ4v) is 1.92. The van der Waals surface area contributed by atoms with Crippen LogP contribution in [0.1, 0.15) is 10.4 Å². The smallest absolute Gasteiger partial charge is 0.269 e. The van der Waals surface area contributed by atoms with Gasteiger partial charge in [0.15, 0.2) is 5.82 Å². The number of nitrogens with zero attached hydrogens (tertiary/aromatic N) is 2. The van der Waals surface area contributed by atoms with Crippen molar-refractivity contribution >= 4 is 39.0 Å². The minimum atomic E-state index is -0.514. The number of halogens is 1. The zero-order chi connectivity index (χ0) is 15.4. The Labute approximate surface area is 127 Å². The van der Waals surface area contributed by atoms with Crippen molar-refractivity contribution in [3.8, 4) is 0 Å². The number of nitrogens with two attached hydrogens (primary N) is 1. The van der Waals surface area contributed by atoms with Crippen LogP contribution in [0.15, 0.2) is 41.0 Å². The van der Waals surface area contributed by atoms with Crippen molar-refractivity contribution in [2.75, 3.05) is 10.7 Å². The molecular weight excluding hydrogens is 342 g/mol. The summed E-state index contributed by atoms with van der Waals surface area (Å²) in [5, 5.41) is 13.2. The molecule has 0 saturated heterocycles. The molecule has 2 aromatic rings. The van der Waals surface area contributed by atoms with Gasteiger partial charge in [-0.2, -0.15) is 0 Å². The number of nitrogen functional groups attached to an aromatic ring is 1. The van der Waals surface area contributed by atoms with Gasteiger partial charge in [0.05, 0.1) is 10.5 Å². The molecule has 1 heterocycles. The number of hydrogen-bond donors (Lipinski definition) is 3. The number of amides is 1. The summed E-state index contributed by atoms with van der Waals surface area (Å²) in [7, 11) is 0. The van der Waals surface area contributed by atoms with Crippen molar-refractivity contribution in [2.24, 2.45) is 5.84 Å². The molecule has 1 aromatic heterocycles. The fourth-order valence-electron chi connectivity index (χ4n) is 1.59. The maximum Gasteiger partial charge on any atom is 0.269 e. The van der Waals surface area contributed by atoms with Crippen molar-refractivity contribution < 1.29 is 9.72 Å². The van der Waals surface area contributed by atoms with E-state index in [9.17, 15) is 14.9 Å². The number of anilines is 2. The Morgan fingerprint density at radius 3 is 2.57 bits per heavy atom. The molecule has 0 atom stereocenters. The maximum absolute atomic E-state index is 12.2. The van der Waals surface area contributed by atoms with Gasteiger partial charge in [0.2, 0.25) is 0 Å². The van der Waals surface area contributed by atoms with Gasteiger partial charge in [0.1, 0.15) is 0 Å². The van der Waals surface area contributed by atoms with Gasteiger partial charge in [-0.25, -0.2) is 10.8 Å². The van der Waals surface area contributed by atoms with Crippen LogP contribution in [0, 0.1) is 10.1 Å². The van der Waals surface area contributed by atoms with Crippen LogP contribution in [0.2, 0.25) is 0 Å². The second kappa shape index (κ2) is 6.29. The first-order valence-electron chi connectivity index (χ1n) is 5.69. The van der Waals surface area contributed by atoms with E-state index in [1.165, 1.54) is 30.5 Å². The van der Waals surface area contributed by atoms with E-state index in [1.807, 2.05) is 0 Å². The minimum absolute atomic E-state index is 0.0542. The molecule has 0 spiro atoms. The number of nitro groups is 1. The highest BCUT2D eigenvalue weighted by Crippen LogP contribution is 2.20. The summed E-state index contributed by atoms with van der Waals surface area (Å²) in [5.41, 5.74) is 2.94. The summed E-state index contributed by atoms with van der Waals surface area (Å²) < 4.78 is 0.621. The molecule has 0 aliphatic rings. The number of hydrogen-bond acceptors (Lipinski definition) is 6. The highest BCUT2D eigenvalue weighted by Gasteiger charge is 2.14. The molecule has 21 heavy (non-hydrogen) atoms. The zero-order valence-electron chi connectivity index (χ0n) is 10.5. The highest BCUT2D eigenvalue weighted by molar-refractivity contribution is 9.10. The van der Waals surface area contributed by atoms with Crippen LogP contribution < -0.4 is 16.6 Å². The third-order valence-electron chi connectivity index (χ3n) is 2.57. The Hall–Kier alpha value is -2.52. The van der Waals surface area contributed by atoms with Crippen LogP contribution in [-0.4, -0.2) is 15.8 Å². The lowest BCUT2D eigenvalue weighted by Crippen LogP contribution is -2.18. The minimum Gasteiger partial charge on any atom is -0.322 e. The first-order chi connectivity index (χ1) is 10.0. The average molecular weight is 352 g/mol. The van der Waals surface area contributed by atoms with E-state index < -0.39 is 10.8 Å². The highest BCUT2D eigenvalue weighted by atomic mass is 79.9. The Bertz CT molecular complexity index is 690. The van der Waals surface area contributed by atoms with Crippen LogP contribution >= 0.6 is 15.9 Å². The van der Waals surface area contributed by atoms with Crippen molar-refractivity contribution in [1.82, 2.24) is 4.98 Å². The van der Waals surface area contributed by atoms with E-state index in [1.54, 1.807) is 6.07 Å². The SMILES string of the molecule is NNc1ncc(Br)cc1C(=O)Nc1ccc([N+](=O)[O-])cc1. The third-order valence-corrected chi connectivity index (χ3v) is 3.01. The molecule has 0 unspecified atom stereocenters. The van der Waals surface area contributed by atoms with Crippen molar-refractivity contribution in [1.29, 1.82) is 0 Å². The topological polar surface area (TPSA) is 123 Å². The summed E-state index contributed by atoms with van der Waals surface area (Å²) in [4.78, 5) is 26.2. The van der Waals surface area contributed by atoms with Crippen LogP contribution in [0.25, 0.3) is 0 Å². The Morgan fingerprint density at radius 1 is 1.33 bits per heavy atom. The third kappa shape index (κ3) is 3.52. The maximum atomic E-state index is 12.2. The molecular formula is C12H10BrN5O3. The summed E-state index contributed by atoms with van der Waals surface area (Å²) in [6, 6.07) is 7.05. The number of aromatic nitrogens is 1. The fraction of sp³-hybridized carbons (Fsp3) is 0. The normalized spacial score (nSPS) is 10.0. The quantitative estimate of drug-likeness (QED) is 0.441. The molecule has 0 saturated carbocycles. The van der Waals surface area contributed by atoms with Crippen molar-refractivity contribution in [3.63, 3.8) is 0 Å². The molecule has 108 valence electrons. The Balaban J connectivity index is 2.21. The Kier molecular flexibility index (Phi) is 4.45. The molecule has 0 bridgehead atoms. The number of hydrazine groups is 1. The molecule has 4 N–H and O–H groups in total. The first kappa shape index (κ1) is 14.9. The summed E-state index contributed by atoms with van der Waals surface area (Å²) in [5.74, 6) is 5.08. The molecule has 0 aliphatic carbocycles. The molecule has 0 radical (unpaired) electrons. The lowest BCUT2D eigenvalue weighted by atomic mass is 10.2. The predicted octanol–water partition coefficient (Wildman–Crippen LogP) is 2.29. The number of carbonyl (C=O) groups excluding carboxylic acids is 1. The summed E-state index contributed by atoms with van der Waals surface area (Å²) >= 11 is 3.22. The molecule has 2 rings (SSSR count). The predicted molar refractivity (Wildman–Crippen MR) is 80.8 cm³/mol. The van der Waals surface area contributed by atoms with Gasteiger partial charge in [-0.3, -0.25) is 14.9 Å². The van der Waals surface area contributed by atoms with E-state index in [0.717, 1.165) is 0 Å². The zero-order valence-corrected chi connectivity index (χ0v) is 12.1. The molecule has 0 fully saturated rings. The summed E-state index contributed by atoms with van der Waals surface area (Å²) in [6.07, 6.45) is 1.50. The van der Waals surface area contributed by atoms with Gasteiger partial charge in [0.25, 0.3) is 11.6 Å². The monoisotopic (exact) mass is 351 g/mol. The van der Waals surface area contributed by atoms with Crippen LogP contribution in [0.4, 0.5) is 17.2 Å². The van der Waals surface area contributed by atoms with E-state index in [-0.39, 0.29) is 17.1 Å². The number of pyridine rings is 1. The van der Waals surface area contributed by atoms with Crippen LogP contribution in [-0.2, 0) is 0 Å². The van der Waals surface area contributed by atoms with E-state index in [0.29, 0.717) is 10.2 Å². The van der Waals surface area contributed by atoms with Crippen molar-refractivity contribution in [3.05, 3.63) is 56.7 Å². The molecule has 9 heteroatoms. The first-order valence-corrected chi connectivity index (χ1v) is 6.48. The lowest BCUT2D eigenvalue weighted by Gasteiger charge is -2.09. The molecule has 8 nitrogen and oxygen atoms in total. The van der Waals surface area contributed by atoms with E-state index in [2.05, 4.69) is 31.7 Å². The summed E-state index contributed by atoms with van der Waals surface area (Å²) in [6.45, 7) is 0. The van der Waals surface area contributed by atoms with Gasteiger partial charge in [-0.05, 0) is 34.1 Å². The number of benzene rings is 1. The molecule has 0 aliphatic heterocycles. The Morgan fingerprint density at radius 2 is 2.00 bits per heavy atom. The molecule has 1 aromatic carbocycles. The van der Waals surface area contributed by atoms with Gasteiger partial charge in [0, 0.05) is 28.5 Å². The lowest BCUT2D eigenvalue weighted by molar-refractivity contribution is -0.384. The van der Waals surface area contributed by atoms with Crippen molar-refractivity contribution in [2.45, 2.75) is 0 Å². The van der Waals surface area contributed by atoms with E-state index in [4.69, 9.17) is 5.84 Å². The van der Waals surface area contributed by atoms with Crippen LogP contribution in [0.3, 0.4) is 0 Å².